The Hall–Kier alpha value is -3.67. The van der Waals surface area contributed by atoms with E-state index in [1.54, 1.807) is 24.3 Å². The van der Waals surface area contributed by atoms with E-state index in [2.05, 4.69) is 26.6 Å². The molecule has 4 rings (SSSR count). The molecule has 0 saturated heterocycles. The number of nitrogens with one attached hydrogen (secondary N) is 2. The summed E-state index contributed by atoms with van der Waals surface area (Å²) in [6, 6.07) is 14.7. The maximum Gasteiger partial charge on any atom is 0.270 e. The number of amides is 3. The summed E-state index contributed by atoms with van der Waals surface area (Å²) in [4.78, 5) is 49.2. The maximum atomic E-state index is 12.7. The predicted molar refractivity (Wildman–Crippen MR) is 134 cm³/mol. The summed E-state index contributed by atoms with van der Waals surface area (Å²) in [5.74, 6) is -1.59. The summed E-state index contributed by atoms with van der Waals surface area (Å²) in [6.07, 6.45) is 0. The molecule has 1 heterocycles. The first kappa shape index (κ1) is 23.5. The lowest BCUT2D eigenvalue weighted by Gasteiger charge is -2.16. The van der Waals surface area contributed by atoms with Gasteiger partial charge in [0.15, 0.2) is 5.11 Å². The smallest absolute Gasteiger partial charge is 0.270 e. The van der Waals surface area contributed by atoms with Crippen LogP contribution in [-0.4, -0.2) is 27.8 Å². The van der Waals surface area contributed by atoms with Crippen LogP contribution in [0.25, 0.3) is 0 Å². The van der Waals surface area contributed by atoms with E-state index < -0.39 is 22.6 Å². The van der Waals surface area contributed by atoms with Gasteiger partial charge in [-0.05, 0) is 64.5 Å². The van der Waals surface area contributed by atoms with Crippen molar-refractivity contribution in [2.45, 2.75) is 0 Å². The van der Waals surface area contributed by atoms with Crippen molar-refractivity contribution in [3.8, 4) is 0 Å². The van der Waals surface area contributed by atoms with E-state index in [4.69, 9.17) is 23.8 Å². The molecule has 0 aliphatic carbocycles. The summed E-state index contributed by atoms with van der Waals surface area (Å²) in [5.41, 5.74) is 0.969. The van der Waals surface area contributed by atoms with Crippen LogP contribution in [0.4, 0.5) is 17.1 Å². The highest BCUT2D eigenvalue weighted by Gasteiger charge is 2.36. The van der Waals surface area contributed by atoms with Crippen LogP contribution >= 0.6 is 39.7 Å². The number of nitro benzene ring substituents is 1. The number of thiocarbonyl (C=S) groups is 1. The van der Waals surface area contributed by atoms with Gasteiger partial charge in [0.1, 0.15) is 0 Å². The number of carbonyl (C=O) groups is 3. The number of fused-ring (bicyclic) bond motifs is 1. The monoisotopic (exact) mass is 558 g/mol. The number of halogens is 2. The lowest BCUT2D eigenvalue weighted by molar-refractivity contribution is -0.384. The molecular formula is C22H12BrClN4O5S. The Morgan fingerprint density at radius 1 is 1.03 bits per heavy atom. The Kier molecular flexibility index (Phi) is 6.42. The minimum atomic E-state index is -0.674. The first-order valence-electron chi connectivity index (χ1n) is 9.51. The molecule has 3 aromatic carbocycles. The Morgan fingerprint density at radius 3 is 2.26 bits per heavy atom. The van der Waals surface area contributed by atoms with E-state index in [0.29, 0.717) is 21.3 Å². The summed E-state index contributed by atoms with van der Waals surface area (Å²) < 4.78 is 0.349. The number of nitro groups is 1. The molecule has 1 aliphatic heterocycles. The van der Waals surface area contributed by atoms with Crippen LogP contribution in [0.1, 0.15) is 31.1 Å². The lowest BCUT2D eigenvalue weighted by Crippen LogP contribution is -2.34. The summed E-state index contributed by atoms with van der Waals surface area (Å²) in [5, 5.41) is 16.2. The minimum Gasteiger partial charge on any atom is -0.331 e. The van der Waals surface area contributed by atoms with E-state index in [9.17, 15) is 24.5 Å². The molecule has 1 aliphatic rings. The fourth-order valence-corrected chi connectivity index (χ4v) is 4.14. The van der Waals surface area contributed by atoms with E-state index in [1.165, 1.54) is 30.3 Å². The van der Waals surface area contributed by atoms with Gasteiger partial charge in [0, 0.05) is 16.6 Å². The first-order valence-corrected chi connectivity index (χ1v) is 11.1. The van der Waals surface area contributed by atoms with Crippen molar-refractivity contribution in [2.75, 3.05) is 10.2 Å². The standard InChI is InChI=1S/C22H12BrClN4O5S/c23-16-7-5-12(28(32)33)9-15(16)19(29)26-22(34)25-18-8-6-11(10-17(18)24)27-20(30)13-3-1-2-4-14(13)21(27)31/h1-10H,(H2,25,26,29,34). The molecule has 0 unspecified atom stereocenters. The van der Waals surface area contributed by atoms with Crippen molar-refractivity contribution >= 4 is 79.6 Å². The van der Waals surface area contributed by atoms with Gasteiger partial charge in [0.25, 0.3) is 23.4 Å². The summed E-state index contributed by atoms with van der Waals surface area (Å²) in [6.45, 7) is 0. The van der Waals surface area contributed by atoms with E-state index in [1.807, 2.05) is 0 Å². The summed E-state index contributed by atoms with van der Waals surface area (Å²) >= 11 is 14.7. The Bertz CT molecular complexity index is 1380. The number of anilines is 2. The molecule has 3 amide bonds. The van der Waals surface area contributed by atoms with Crippen LogP contribution in [-0.2, 0) is 0 Å². The van der Waals surface area contributed by atoms with Gasteiger partial charge >= 0.3 is 0 Å². The van der Waals surface area contributed by atoms with Crippen LogP contribution in [0.5, 0.6) is 0 Å². The third kappa shape index (κ3) is 4.40. The predicted octanol–water partition coefficient (Wildman–Crippen LogP) is 4.94. The molecule has 3 aromatic rings. The zero-order chi connectivity index (χ0) is 24.6. The van der Waals surface area contributed by atoms with Crippen molar-refractivity contribution in [3.63, 3.8) is 0 Å². The Morgan fingerprint density at radius 2 is 1.68 bits per heavy atom. The van der Waals surface area contributed by atoms with Crippen molar-refractivity contribution in [2.24, 2.45) is 0 Å². The Balaban J connectivity index is 1.49. The number of non-ortho nitro benzene ring substituents is 1. The second-order valence-corrected chi connectivity index (χ2v) is 8.65. The number of benzene rings is 3. The molecule has 0 aromatic heterocycles. The van der Waals surface area contributed by atoms with Crippen molar-refractivity contribution in [1.82, 2.24) is 5.32 Å². The molecule has 34 heavy (non-hydrogen) atoms. The second-order valence-electron chi connectivity index (χ2n) is 6.98. The molecule has 0 spiro atoms. The average Bonchev–Trinajstić information content (AvgIpc) is 3.05. The van der Waals surface area contributed by atoms with Crippen molar-refractivity contribution in [1.29, 1.82) is 0 Å². The third-order valence-electron chi connectivity index (χ3n) is 4.89. The van der Waals surface area contributed by atoms with E-state index >= 15 is 0 Å². The van der Waals surface area contributed by atoms with Gasteiger partial charge in [-0.2, -0.15) is 0 Å². The minimum absolute atomic E-state index is 0.0189. The van der Waals surface area contributed by atoms with Gasteiger partial charge in [0.2, 0.25) is 0 Å². The molecule has 170 valence electrons. The molecule has 0 atom stereocenters. The zero-order valence-corrected chi connectivity index (χ0v) is 20.0. The average molecular weight is 560 g/mol. The highest BCUT2D eigenvalue weighted by molar-refractivity contribution is 9.10. The van der Waals surface area contributed by atoms with Crippen molar-refractivity contribution in [3.05, 3.63) is 97.0 Å². The SMILES string of the molecule is O=C(NC(=S)Nc1ccc(N2C(=O)c3ccccc3C2=O)cc1Cl)c1cc([N+](=O)[O-])ccc1Br. The second kappa shape index (κ2) is 9.29. The van der Waals surface area contributed by atoms with Crippen LogP contribution in [0.2, 0.25) is 5.02 Å². The number of hydrogen-bond acceptors (Lipinski definition) is 6. The fourth-order valence-electron chi connectivity index (χ4n) is 3.29. The molecule has 2 N–H and O–H groups in total. The normalized spacial score (nSPS) is 12.4. The third-order valence-corrected chi connectivity index (χ3v) is 6.09. The van der Waals surface area contributed by atoms with Crippen LogP contribution < -0.4 is 15.5 Å². The van der Waals surface area contributed by atoms with Crippen molar-refractivity contribution < 1.29 is 19.3 Å². The topological polar surface area (TPSA) is 122 Å². The number of nitrogens with zero attached hydrogens (tertiary/aromatic N) is 2. The van der Waals surface area contributed by atoms with Crippen LogP contribution in [0, 0.1) is 10.1 Å². The molecule has 9 nitrogen and oxygen atoms in total. The van der Waals surface area contributed by atoms with E-state index in [-0.39, 0.29) is 27.1 Å². The number of rotatable bonds is 4. The van der Waals surface area contributed by atoms with Crippen LogP contribution in [0.15, 0.2) is 65.1 Å². The molecule has 0 fully saturated rings. The molecular weight excluding hydrogens is 548 g/mol. The number of carbonyl (C=O) groups excluding carboxylic acids is 3. The molecule has 0 bridgehead atoms. The van der Waals surface area contributed by atoms with Gasteiger partial charge in [-0.1, -0.05) is 23.7 Å². The fraction of sp³-hybridized carbons (Fsp3) is 0. The highest BCUT2D eigenvalue weighted by Crippen LogP contribution is 2.33. The first-order chi connectivity index (χ1) is 16.2. The van der Waals surface area contributed by atoms with Gasteiger partial charge in [0.05, 0.1) is 38.0 Å². The van der Waals surface area contributed by atoms with Gasteiger partial charge in [-0.15, -0.1) is 0 Å². The number of imide groups is 1. The molecule has 12 heteroatoms. The van der Waals surface area contributed by atoms with Gasteiger partial charge in [-0.3, -0.25) is 29.8 Å². The van der Waals surface area contributed by atoms with E-state index in [0.717, 1.165) is 11.0 Å². The lowest BCUT2D eigenvalue weighted by atomic mass is 10.1. The Labute approximate surface area is 211 Å². The highest BCUT2D eigenvalue weighted by atomic mass is 79.9. The largest absolute Gasteiger partial charge is 0.331 e. The quantitative estimate of drug-likeness (QED) is 0.201. The van der Waals surface area contributed by atoms with Crippen LogP contribution in [0.3, 0.4) is 0 Å². The van der Waals surface area contributed by atoms with Gasteiger partial charge < -0.3 is 5.32 Å². The van der Waals surface area contributed by atoms with Gasteiger partial charge in [-0.25, -0.2) is 4.90 Å². The summed E-state index contributed by atoms with van der Waals surface area (Å²) in [7, 11) is 0. The molecule has 0 saturated carbocycles. The zero-order valence-electron chi connectivity index (χ0n) is 16.9. The number of hydrogen-bond donors (Lipinski definition) is 2. The molecule has 0 radical (unpaired) electrons. The maximum absolute atomic E-state index is 12.7.